The quantitative estimate of drug-likeness (QED) is 0.724. The van der Waals surface area contributed by atoms with Gasteiger partial charge in [0, 0.05) is 31.2 Å². The summed E-state index contributed by atoms with van der Waals surface area (Å²) in [5.41, 5.74) is 9.08. The Morgan fingerprint density at radius 3 is 2.84 bits per heavy atom. The zero-order chi connectivity index (χ0) is 14.0. The van der Waals surface area contributed by atoms with E-state index in [1.165, 1.54) is 0 Å². The maximum Gasteiger partial charge on any atom is 0.227 e. The lowest BCUT2D eigenvalue weighted by molar-refractivity contribution is -0.118. The van der Waals surface area contributed by atoms with Gasteiger partial charge >= 0.3 is 0 Å². The molecule has 0 spiro atoms. The van der Waals surface area contributed by atoms with Crippen LogP contribution in [-0.4, -0.2) is 37.8 Å². The van der Waals surface area contributed by atoms with E-state index in [0.717, 1.165) is 23.2 Å². The van der Waals surface area contributed by atoms with Gasteiger partial charge in [-0.15, -0.1) is 0 Å². The summed E-state index contributed by atoms with van der Waals surface area (Å²) in [6, 6.07) is 5.57. The Morgan fingerprint density at radius 2 is 2.21 bits per heavy atom. The van der Waals surface area contributed by atoms with Crippen LogP contribution in [0.25, 0.3) is 0 Å². The molecule has 104 valence electrons. The molecule has 2 unspecified atom stereocenters. The second-order valence-corrected chi connectivity index (χ2v) is 4.95. The number of rotatable bonds is 4. The highest BCUT2D eigenvalue weighted by atomic mass is 16.3. The van der Waals surface area contributed by atoms with Gasteiger partial charge in [-0.2, -0.15) is 0 Å². The van der Waals surface area contributed by atoms with Crippen molar-refractivity contribution in [2.24, 2.45) is 5.73 Å². The van der Waals surface area contributed by atoms with E-state index in [1.807, 2.05) is 19.2 Å². The summed E-state index contributed by atoms with van der Waals surface area (Å²) in [4.78, 5) is 13.3. The summed E-state index contributed by atoms with van der Waals surface area (Å²) >= 11 is 0. The van der Waals surface area contributed by atoms with Crippen LogP contribution in [-0.2, 0) is 11.2 Å². The predicted octanol–water partition coefficient (Wildman–Crippen LogP) is 0.176. The number of aryl methyl sites for hydroxylation is 1. The molecule has 0 aliphatic carbocycles. The molecule has 1 aliphatic heterocycles. The van der Waals surface area contributed by atoms with Crippen molar-refractivity contribution in [3.63, 3.8) is 0 Å². The summed E-state index contributed by atoms with van der Waals surface area (Å²) in [6.45, 7) is -0.0685. The highest BCUT2D eigenvalue weighted by molar-refractivity contribution is 5.95. The zero-order valence-electron chi connectivity index (χ0n) is 11.4. The van der Waals surface area contributed by atoms with Crippen molar-refractivity contribution in [2.75, 3.05) is 25.6 Å². The Labute approximate surface area is 113 Å². The van der Waals surface area contributed by atoms with E-state index in [-0.39, 0.29) is 24.6 Å². The van der Waals surface area contributed by atoms with Gasteiger partial charge in [0.1, 0.15) is 0 Å². The number of anilines is 1. The molecular formula is C14H21N3O2. The monoisotopic (exact) mass is 263 g/mol. The van der Waals surface area contributed by atoms with Crippen LogP contribution in [0.5, 0.6) is 0 Å². The number of hydrogen-bond donors (Lipinski definition) is 3. The van der Waals surface area contributed by atoms with E-state index in [1.54, 1.807) is 11.9 Å². The molecule has 1 amide bonds. The molecular weight excluding hydrogens is 242 g/mol. The van der Waals surface area contributed by atoms with E-state index in [0.29, 0.717) is 6.42 Å². The number of fused-ring (bicyclic) bond motifs is 1. The topological polar surface area (TPSA) is 78.6 Å². The number of aliphatic hydroxyl groups excluding tert-OH is 1. The van der Waals surface area contributed by atoms with E-state index in [2.05, 4.69) is 11.4 Å². The molecule has 0 radical (unpaired) electrons. The summed E-state index contributed by atoms with van der Waals surface area (Å²) in [7, 11) is 3.63. The number of carbonyl (C=O) groups excluding carboxylic acids is 1. The van der Waals surface area contributed by atoms with Crippen molar-refractivity contribution < 1.29 is 9.90 Å². The van der Waals surface area contributed by atoms with Crippen LogP contribution >= 0.6 is 0 Å². The van der Waals surface area contributed by atoms with Gasteiger partial charge in [-0.05, 0) is 30.7 Å². The van der Waals surface area contributed by atoms with Gasteiger partial charge in [0.05, 0.1) is 6.61 Å². The smallest absolute Gasteiger partial charge is 0.227 e. The molecule has 0 bridgehead atoms. The number of aliphatic hydroxyl groups is 1. The third-order valence-corrected chi connectivity index (χ3v) is 3.76. The standard InChI is InChI=1S/C14H21N3O2/c1-16-14(11(15)8-18)10-3-5-12-9(7-10)4-6-13(19)17(12)2/h3,5,7,11,14,16,18H,4,6,8,15H2,1-2H3. The average molecular weight is 263 g/mol. The number of benzene rings is 1. The fraction of sp³-hybridized carbons (Fsp3) is 0.500. The molecule has 2 rings (SSSR count). The number of nitrogens with two attached hydrogens (primary N) is 1. The lowest BCUT2D eigenvalue weighted by Gasteiger charge is -2.28. The van der Waals surface area contributed by atoms with Gasteiger partial charge in [0.15, 0.2) is 0 Å². The maximum atomic E-state index is 11.6. The van der Waals surface area contributed by atoms with Crippen molar-refractivity contribution in [1.29, 1.82) is 0 Å². The molecule has 4 N–H and O–H groups in total. The molecule has 2 atom stereocenters. The van der Waals surface area contributed by atoms with Gasteiger partial charge in [-0.1, -0.05) is 12.1 Å². The Kier molecular flexibility index (Phi) is 4.19. The molecule has 5 heteroatoms. The maximum absolute atomic E-state index is 11.6. The average Bonchev–Trinajstić information content (AvgIpc) is 2.43. The van der Waals surface area contributed by atoms with Gasteiger partial charge in [-0.3, -0.25) is 4.79 Å². The molecule has 1 aromatic rings. The van der Waals surface area contributed by atoms with Crippen LogP contribution < -0.4 is 16.0 Å². The lowest BCUT2D eigenvalue weighted by atomic mass is 9.94. The number of nitrogens with zero attached hydrogens (tertiary/aromatic N) is 1. The third kappa shape index (κ3) is 2.63. The Bertz CT molecular complexity index is 476. The first-order chi connectivity index (χ1) is 9.08. The normalized spacial score (nSPS) is 18.1. The van der Waals surface area contributed by atoms with Crippen LogP contribution in [0.2, 0.25) is 0 Å². The van der Waals surface area contributed by atoms with Crippen LogP contribution in [0.4, 0.5) is 5.69 Å². The van der Waals surface area contributed by atoms with Crippen molar-refractivity contribution in [3.8, 4) is 0 Å². The Morgan fingerprint density at radius 1 is 1.47 bits per heavy atom. The van der Waals surface area contributed by atoms with Gasteiger partial charge in [0.2, 0.25) is 5.91 Å². The van der Waals surface area contributed by atoms with Crippen LogP contribution in [0.3, 0.4) is 0 Å². The molecule has 0 aromatic heterocycles. The predicted molar refractivity (Wildman–Crippen MR) is 75.0 cm³/mol. The lowest BCUT2D eigenvalue weighted by Crippen LogP contribution is -2.39. The summed E-state index contributed by atoms with van der Waals surface area (Å²) < 4.78 is 0. The molecule has 5 nitrogen and oxygen atoms in total. The number of carbonyl (C=O) groups is 1. The number of likely N-dealkylation sites (N-methyl/N-ethyl adjacent to an activating group) is 1. The van der Waals surface area contributed by atoms with Gasteiger partial charge in [0.25, 0.3) is 0 Å². The minimum atomic E-state index is -0.342. The van der Waals surface area contributed by atoms with Crippen LogP contribution in [0.1, 0.15) is 23.6 Å². The highest BCUT2D eigenvalue weighted by Gasteiger charge is 2.23. The Hall–Kier alpha value is -1.43. The summed E-state index contributed by atoms with van der Waals surface area (Å²) in [5, 5.41) is 12.3. The molecule has 1 heterocycles. The van der Waals surface area contributed by atoms with E-state index in [9.17, 15) is 9.90 Å². The van der Waals surface area contributed by atoms with Crippen LogP contribution in [0, 0.1) is 0 Å². The number of hydrogen-bond acceptors (Lipinski definition) is 4. The van der Waals surface area contributed by atoms with Crippen molar-refractivity contribution in [3.05, 3.63) is 29.3 Å². The van der Waals surface area contributed by atoms with Crippen molar-refractivity contribution in [1.82, 2.24) is 5.32 Å². The highest BCUT2D eigenvalue weighted by Crippen LogP contribution is 2.29. The minimum Gasteiger partial charge on any atom is -0.395 e. The second kappa shape index (κ2) is 5.69. The summed E-state index contributed by atoms with van der Waals surface area (Å²) in [6.07, 6.45) is 1.31. The van der Waals surface area contributed by atoms with Gasteiger partial charge in [-0.25, -0.2) is 0 Å². The second-order valence-electron chi connectivity index (χ2n) is 4.95. The third-order valence-electron chi connectivity index (χ3n) is 3.76. The SMILES string of the molecule is CNC(c1ccc2c(c1)CCC(=O)N2C)C(N)CO. The molecule has 19 heavy (non-hydrogen) atoms. The first-order valence-corrected chi connectivity index (χ1v) is 6.51. The largest absolute Gasteiger partial charge is 0.395 e. The number of nitrogens with one attached hydrogen (secondary N) is 1. The summed E-state index contributed by atoms with van der Waals surface area (Å²) in [5.74, 6) is 0.150. The molecule has 1 aromatic carbocycles. The Balaban J connectivity index is 2.33. The van der Waals surface area contributed by atoms with Crippen LogP contribution in [0.15, 0.2) is 18.2 Å². The first kappa shape index (κ1) is 14.0. The molecule has 0 saturated carbocycles. The fourth-order valence-electron chi connectivity index (χ4n) is 2.60. The first-order valence-electron chi connectivity index (χ1n) is 6.51. The van der Waals surface area contributed by atoms with Gasteiger partial charge < -0.3 is 21.1 Å². The van der Waals surface area contributed by atoms with E-state index >= 15 is 0 Å². The van der Waals surface area contributed by atoms with E-state index < -0.39 is 0 Å². The van der Waals surface area contributed by atoms with Crippen molar-refractivity contribution >= 4 is 11.6 Å². The molecule has 1 aliphatic rings. The van der Waals surface area contributed by atoms with Crippen molar-refractivity contribution in [2.45, 2.75) is 24.9 Å². The fourth-order valence-corrected chi connectivity index (χ4v) is 2.60. The minimum absolute atomic E-state index is 0.0685. The zero-order valence-corrected chi connectivity index (χ0v) is 11.4. The molecule has 0 fully saturated rings. The number of amides is 1. The van der Waals surface area contributed by atoms with E-state index in [4.69, 9.17) is 5.73 Å². The molecule has 0 saturated heterocycles.